The lowest BCUT2D eigenvalue weighted by Gasteiger charge is -2.11. The molecule has 1 rings (SSSR count). The summed E-state index contributed by atoms with van der Waals surface area (Å²) in [6, 6.07) is -0.587. The van der Waals surface area contributed by atoms with Crippen molar-refractivity contribution in [2.45, 2.75) is 26.2 Å². The van der Waals surface area contributed by atoms with E-state index >= 15 is 0 Å². The van der Waals surface area contributed by atoms with Crippen LogP contribution in [-0.2, 0) is 5.41 Å². The molecule has 4 heteroatoms. The largest absolute Gasteiger partial charge is 0.414 e. The highest BCUT2D eigenvalue weighted by Crippen LogP contribution is 2.23. The van der Waals surface area contributed by atoms with Gasteiger partial charge in [-0.15, -0.1) is 0 Å². The Hall–Kier alpha value is -0.130. The molecule has 62 valence electrons. The molecule has 0 aliphatic rings. The number of halogens is 2. The summed E-state index contributed by atoms with van der Waals surface area (Å²) >= 11 is 1.81. The summed E-state index contributed by atoms with van der Waals surface area (Å²) in [6.45, 7) is 5.77. The van der Waals surface area contributed by atoms with E-state index in [-0.39, 0.29) is 5.41 Å². The van der Waals surface area contributed by atoms with Gasteiger partial charge in [0.1, 0.15) is 0 Å². The molecule has 0 radical (unpaired) electrons. The molecule has 11 heavy (non-hydrogen) atoms. The lowest BCUT2D eigenvalue weighted by Crippen LogP contribution is -2.11. The first-order valence-corrected chi connectivity index (χ1v) is 4.31. The van der Waals surface area contributed by atoms with Crippen molar-refractivity contribution in [1.29, 1.82) is 0 Å². The first-order chi connectivity index (χ1) is 4.91. The molecule has 0 bridgehead atoms. The van der Waals surface area contributed by atoms with Crippen molar-refractivity contribution in [2.24, 2.45) is 0 Å². The van der Waals surface area contributed by atoms with Gasteiger partial charge in [0.25, 0.3) is 0 Å². The highest BCUT2D eigenvalue weighted by atomic mass is 127. The fourth-order valence-electron chi connectivity index (χ4n) is 0.604. The highest BCUT2D eigenvalue weighted by Gasteiger charge is 2.22. The molecule has 0 aliphatic carbocycles. The minimum absolute atomic E-state index is 0.218. The predicted octanol–water partition coefficient (Wildman–Crippen LogP) is 2.72. The van der Waals surface area contributed by atoms with Crippen molar-refractivity contribution in [2.75, 3.05) is 0 Å². The monoisotopic (exact) mass is 269 g/mol. The van der Waals surface area contributed by atoms with E-state index in [4.69, 9.17) is 4.42 Å². The first kappa shape index (κ1) is 8.96. The molecule has 0 saturated heterocycles. The van der Waals surface area contributed by atoms with Gasteiger partial charge >= 0.3 is 6.01 Å². The summed E-state index contributed by atoms with van der Waals surface area (Å²) in [5.41, 5.74) is -0.218. The van der Waals surface area contributed by atoms with Gasteiger partial charge in [-0.3, -0.25) is 0 Å². The van der Waals surface area contributed by atoms with Crippen LogP contribution in [0.15, 0.2) is 4.42 Å². The second-order valence-corrected chi connectivity index (χ2v) is 4.36. The lowest BCUT2D eigenvalue weighted by atomic mass is 9.97. The van der Waals surface area contributed by atoms with E-state index < -0.39 is 6.01 Å². The van der Waals surface area contributed by atoms with E-state index in [0.29, 0.717) is 9.59 Å². The summed E-state index contributed by atoms with van der Waals surface area (Å²) in [4.78, 5) is 3.93. The zero-order chi connectivity index (χ0) is 8.65. The van der Waals surface area contributed by atoms with Gasteiger partial charge < -0.3 is 4.42 Å². The zero-order valence-corrected chi connectivity index (χ0v) is 8.77. The number of hydrogen-bond donors (Lipinski definition) is 0. The van der Waals surface area contributed by atoms with E-state index in [1.807, 2.05) is 20.8 Å². The van der Waals surface area contributed by atoms with Gasteiger partial charge in [-0.2, -0.15) is 4.39 Å². The number of aromatic nitrogens is 1. The normalized spacial score (nSPS) is 12.1. The van der Waals surface area contributed by atoms with Crippen molar-refractivity contribution in [3.05, 3.63) is 15.6 Å². The average molecular weight is 269 g/mol. The van der Waals surface area contributed by atoms with Crippen LogP contribution in [-0.4, -0.2) is 4.98 Å². The summed E-state index contributed by atoms with van der Waals surface area (Å²) < 4.78 is 17.7. The van der Waals surface area contributed by atoms with E-state index in [2.05, 4.69) is 4.98 Å². The molecular weight excluding hydrogens is 260 g/mol. The molecule has 0 spiro atoms. The van der Waals surface area contributed by atoms with Crippen molar-refractivity contribution in [3.63, 3.8) is 0 Å². The van der Waals surface area contributed by atoms with Crippen molar-refractivity contribution >= 4 is 22.6 Å². The molecule has 0 aromatic carbocycles. The minimum Gasteiger partial charge on any atom is -0.414 e. The van der Waals surface area contributed by atoms with Gasteiger partial charge in [-0.1, -0.05) is 20.8 Å². The van der Waals surface area contributed by atoms with Crippen molar-refractivity contribution in [1.82, 2.24) is 4.98 Å². The first-order valence-electron chi connectivity index (χ1n) is 3.23. The molecule has 1 aromatic rings. The van der Waals surface area contributed by atoms with E-state index in [9.17, 15) is 4.39 Å². The molecule has 0 N–H and O–H groups in total. The van der Waals surface area contributed by atoms with Crippen LogP contribution >= 0.6 is 22.6 Å². The quantitative estimate of drug-likeness (QED) is 0.677. The van der Waals surface area contributed by atoms with Crippen LogP contribution in [0.5, 0.6) is 0 Å². The third-order valence-electron chi connectivity index (χ3n) is 1.19. The van der Waals surface area contributed by atoms with Crippen molar-refractivity contribution in [3.8, 4) is 0 Å². The molecule has 0 aliphatic heterocycles. The SMILES string of the molecule is CC(C)(C)c1nc(I)c(F)o1. The van der Waals surface area contributed by atoms with Gasteiger partial charge in [0.2, 0.25) is 5.89 Å². The lowest BCUT2D eigenvalue weighted by molar-refractivity contribution is 0.296. The van der Waals surface area contributed by atoms with E-state index in [1.54, 1.807) is 22.6 Å². The minimum atomic E-state index is -0.587. The van der Waals surface area contributed by atoms with E-state index in [1.165, 1.54) is 0 Å². The van der Waals surface area contributed by atoms with Gasteiger partial charge in [0.15, 0.2) is 3.70 Å². The Morgan fingerprint density at radius 2 is 2.00 bits per heavy atom. The summed E-state index contributed by atoms with van der Waals surface area (Å²) in [6.07, 6.45) is 0. The Bertz CT molecular complexity index is 244. The fraction of sp³-hybridized carbons (Fsp3) is 0.571. The van der Waals surface area contributed by atoms with Crippen LogP contribution in [0.3, 0.4) is 0 Å². The molecule has 1 aromatic heterocycles. The molecule has 0 saturated carbocycles. The second-order valence-electron chi connectivity index (χ2n) is 3.33. The predicted molar refractivity (Wildman–Crippen MR) is 47.9 cm³/mol. The van der Waals surface area contributed by atoms with Crippen LogP contribution in [0.2, 0.25) is 0 Å². The maximum Gasteiger partial charge on any atom is 0.311 e. The molecule has 1 heterocycles. The average Bonchev–Trinajstić information content (AvgIpc) is 2.11. The third-order valence-corrected chi connectivity index (χ3v) is 1.86. The Morgan fingerprint density at radius 3 is 2.18 bits per heavy atom. The van der Waals surface area contributed by atoms with Crippen molar-refractivity contribution < 1.29 is 8.81 Å². The Balaban J connectivity index is 3.08. The summed E-state index contributed by atoms with van der Waals surface area (Å²) in [7, 11) is 0. The van der Waals surface area contributed by atoms with Gasteiger partial charge in [-0.25, -0.2) is 4.98 Å². The molecule has 0 fully saturated rings. The van der Waals surface area contributed by atoms with E-state index in [0.717, 1.165) is 0 Å². The topological polar surface area (TPSA) is 26.0 Å². The maximum atomic E-state index is 12.6. The Morgan fingerprint density at radius 1 is 1.45 bits per heavy atom. The third kappa shape index (κ3) is 1.91. The highest BCUT2D eigenvalue weighted by molar-refractivity contribution is 14.1. The number of nitrogens with zero attached hydrogens (tertiary/aromatic N) is 1. The van der Waals surface area contributed by atoms with Crippen LogP contribution < -0.4 is 0 Å². The van der Waals surface area contributed by atoms with Gasteiger partial charge in [0.05, 0.1) is 0 Å². The molecule has 0 unspecified atom stereocenters. The zero-order valence-electron chi connectivity index (χ0n) is 6.61. The van der Waals surface area contributed by atoms with Gasteiger partial charge in [0, 0.05) is 5.41 Å². The second kappa shape index (κ2) is 2.73. The molecule has 2 nitrogen and oxygen atoms in total. The van der Waals surface area contributed by atoms with Crippen LogP contribution in [0.4, 0.5) is 4.39 Å². The van der Waals surface area contributed by atoms with Gasteiger partial charge in [-0.05, 0) is 22.6 Å². The molecule has 0 atom stereocenters. The molecule has 0 amide bonds. The number of hydrogen-bond acceptors (Lipinski definition) is 2. The summed E-state index contributed by atoms with van der Waals surface area (Å²) in [5, 5.41) is 0. The fourth-order valence-corrected chi connectivity index (χ4v) is 0.933. The Kier molecular flexibility index (Phi) is 2.22. The van der Waals surface area contributed by atoms with Crippen LogP contribution in [0, 0.1) is 9.71 Å². The smallest absolute Gasteiger partial charge is 0.311 e. The summed E-state index contributed by atoms with van der Waals surface area (Å²) in [5.74, 6) is 0.444. The standard InChI is InChI=1S/C7H9FINO/c1-7(2,3)6-10-5(9)4(8)11-6/h1-3H3. The number of rotatable bonds is 0. The number of oxazole rings is 1. The van der Waals surface area contributed by atoms with Crippen LogP contribution in [0.1, 0.15) is 26.7 Å². The van der Waals surface area contributed by atoms with Crippen LogP contribution in [0.25, 0.3) is 0 Å². The maximum absolute atomic E-state index is 12.6. The Labute approximate surface area is 78.3 Å². The molecular formula is C7H9FINO.